The second-order valence-corrected chi connectivity index (χ2v) is 7.34. The maximum atomic E-state index is 12.1. The molecule has 1 amide bonds. The predicted octanol–water partition coefficient (Wildman–Crippen LogP) is 3.98. The number of ether oxygens (including phenoxy) is 1. The van der Waals surface area contributed by atoms with Crippen molar-refractivity contribution in [3.8, 4) is 0 Å². The number of nitrogens with zero attached hydrogens (tertiary/aromatic N) is 2. The van der Waals surface area contributed by atoms with E-state index in [2.05, 4.69) is 46.3 Å². The van der Waals surface area contributed by atoms with Crippen LogP contribution in [0.2, 0.25) is 0 Å². The van der Waals surface area contributed by atoms with Gasteiger partial charge in [0, 0.05) is 26.1 Å². The Balaban J connectivity index is 1.39. The van der Waals surface area contributed by atoms with Crippen molar-refractivity contribution in [3.05, 3.63) is 72.1 Å². The van der Waals surface area contributed by atoms with Gasteiger partial charge in [0.25, 0.3) is 0 Å². The molecule has 1 aromatic heterocycles. The van der Waals surface area contributed by atoms with Gasteiger partial charge in [0.05, 0.1) is 11.0 Å². The Hall–Kier alpha value is -2.92. The molecule has 0 saturated carbocycles. The Bertz CT molecular complexity index is 972. The number of fused-ring (bicyclic) bond motifs is 1. The quantitative estimate of drug-likeness (QED) is 0.593. The molecule has 1 fully saturated rings. The minimum atomic E-state index is -0.261. The first kappa shape index (κ1) is 19.4. The summed E-state index contributed by atoms with van der Waals surface area (Å²) in [5.41, 5.74) is 3.35. The summed E-state index contributed by atoms with van der Waals surface area (Å²) in [5.74, 6) is 1.07. The maximum absolute atomic E-state index is 12.1. The van der Waals surface area contributed by atoms with Gasteiger partial charge in [-0.1, -0.05) is 54.6 Å². The number of imidazole rings is 1. The Morgan fingerprint density at radius 2 is 2.00 bits per heavy atom. The van der Waals surface area contributed by atoms with E-state index in [-0.39, 0.29) is 12.0 Å². The summed E-state index contributed by atoms with van der Waals surface area (Å²) in [6, 6.07) is 18.5. The highest BCUT2D eigenvalue weighted by Gasteiger charge is 2.22. The molecule has 0 aliphatic carbocycles. The van der Waals surface area contributed by atoms with Gasteiger partial charge in [-0.15, -0.1) is 0 Å². The van der Waals surface area contributed by atoms with Crippen LogP contribution >= 0.6 is 0 Å². The van der Waals surface area contributed by atoms with Crippen LogP contribution in [0.4, 0.5) is 0 Å². The average molecular weight is 389 g/mol. The molecule has 1 atom stereocenters. The molecule has 1 unspecified atom stereocenters. The number of carbonyl (C=O) groups is 1. The van der Waals surface area contributed by atoms with Crippen LogP contribution in [-0.2, 0) is 22.5 Å². The number of rotatable bonds is 8. The van der Waals surface area contributed by atoms with Gasteiger partial charge < -0.3 is 14.6 Å². The molecule has 1 saturated heterocycles. The zero-order chi connectivity index (χ0) is 19.9. The van der Waals surface area contributed by atoms with Crippen LogP contribution in [0.15, 0.2) is 60.7 Å². The molecule has 2 heterocycles. The molecular formula is C24H27N3O2. The highest BCUT2D eigenvalue weighted by molar-refractivity contribution is 5.81. The number of hydrogen-bond acceptors (Lipinski definition) is 3. The highest BCUT2D eigenvalue weighted by atomic mass is 16.5. The third-order valence-corrected chi connectivity index (χ3v) is 5.23. The van der Waals surface area contributed by atoms with E-state index in [0.717, 1.165) is 49.1 Å². The van der Waals surface area contributed by atoms with Crippen LogP contribution in [0.3, 0.4) is 0 Å². The van der Waals surface area contributed by atoms with Crippen LogP contribution < -0.4 is 5.32 Å². The molecule has 4 rings (SSSR count). The van der Waals surface area contributed by atoms with E-state index < -0.39 is 0 Å². The van der Waals surface area contributed by atoms with E-state index in [1.165, 1.54) is 5.56 Å². The van der Waals surface area contributed by atoms with Gasteiger partial charge in [0.2, 0.25) is 5.91 Å². The molecule has 0 spiro atoms. The molecule has 0 radical (unpaired) electrons. The van der Waals surface area contributed by atoms with Crippen molar-refractivity contribution in [1.82, 2.24) is 14.9 Å². The summed E-state index contributed by atoms with van der Waals surface area (Å²) in [6.07, 6.45) is 7.52. The summed E-state index contributed by atoms with van der Waals surface area (Å²) < 4.78 is 7.69. The van der Waals surface area contributed by atoms with Crippen LogP contribution in [0.25, 0.3) is 17.1 Å². The molecule has 5 nitrogen and oxygen atoms in total. The summed E-state index contributed by atoms with van der Waals surface area (Å²) in [5, 5.41) is 3.00. The number of aryl methyl sites for hydroxylation is 1. The van der Waals surface area contributed by atoms with E-state index in [0.29, 0.717) is 13.2 Å². The number of para-hydroxylation sites is 2. The van der Waals surface area contributed by atoms with Crippen molar-refractivity contribution < 1.29 is 9.53 Å². The molecule has 1 aliphatic rings. The molecule has 29 heavy (non-hydrogen) atoms. The van der Waals surface area contributed by atoms with Gasteiger partial charge >= 0.3 is 0 Å². The number of nitrogens with one attached hydrogen (secondary N) is 1. The maximum Gasteiger partial charge on any atom is 0.249 e. The largest absolute Gasteiger partial charge is 0.368 e. The van der Waals surface area contributed by atoms with E-state index in [9.17, 15) is 4.79 Å². The average Bonchev–Trinajstić information content (AvgIpc) is 3.41. The minimum absolute atomic E-state index is 0.0156. The second-order valence-electron chi connectivity index (χ2n) is 7.34. The molecule has 5 heteroatoms. The lowest BCUT2D eigenvalue weighted by Gasteiger charge is -2.10. The van der Waals surface area contributed by atoms with E-state index in [1.54, 1.807) is 0 Å². The summed E-state index contributed by atoms with van der Waals surface area (Å²) in [4.78, 5) is 16.9. The third-order valence-electron chi connectivity index (χ3n) is 5.23. The topological polar surface area (TPSA) is 56.2 Å². The van der Waals surface area contributed by atoms with Gasteiger partial charge in [0.1, 0.15) is 11.9 Å². The molecule has 0 bridgehead atoms. The summed E-state index contributed by atoms with van der Waals surface area (Å²) in [7, 11) is 0. The smallest absolute Gasteiger partial charge is 0.249 e. The Kier molecular flexibility index (Phi) is 6.37. The zero-order valence-electron chi connectivity index (χ0n) is 16.6. The zero-order valence-corrected chi connectivity index (χ0v) is 16.6. The van der Waals surface area contributed by atoms with Gasteiger partial charge in [0.15, 0.2) is 0 Å². The fourth-order valence-electron chi connectivity index (χ4n) is 3.73. The Labute approximate surface area is 171 Å². The number of benzene rings is 2. The van der Waals surface area contributed by atoms with Gasteiger partial charge in [-0.05, 0) is 37.0 Å². The molecule has 150 valence electrons. The van der Waals surface area contributed by atoms with E-state index >= 15 is 0 Å². The van der Waals surface area contributed by atoms with E-state index in [4.69, 9.17) is 9.72 Å². The lowest BCUT2D eigenvalue weighted by Crippen LogP contribution is -2.34. The number of carbonyl (C=O) groups excluding carboxylic acids is 1. The van der Waals surface area contributed by atoms with Gasteiger partial charge in [-0.25, -0.2) is 4.98 Å². The van der Waals surface area contributed by atoms with Crippen molar-refractivity contribution in [2.75, 3.05) is 13.2 Å². The molecule has 1 N–H and O–H groups in total. The van der Waals surface area contributed by atoms with Crippen molar-refractivity contribution in [2.24, 2.45) is 0 Å². The number of amides is 1. The van der Waals surface area contributed by atoms with Crippen molar-refractivity contribution in [3.63, 3.8) is 0 Å². The first-order valence-corrected chi connectivity index (χ1v) is 10.4. The summed E-state index contributed by atoms with van der Waals surface area (Å²) >= 11 is 0. The van der Waals surface area contributed by atoms with Crippen LogP contribution in [0.1, 0.15) is 30.7 Å². The fraction of sp³-hybridized carbons (Fsp3) is 0.333. The van der Waals surface area contributed by atoms with Crippen LogP contribution in [-0.4, -0.2) is 34.7 Å². The number of aromatic nitrogens is 2. The Morgan fingerprint density at radius 3 is 2.83 bits per heavy atom. The van der Waals surface area contributed by atoms with Crippen LogP contribution in [0, 0.1) is 0 Å². The van der Waals surface area contributed by atoms with Gasteiger partial charge in [-0.3, -0.25) is 4.79 Å². The monoisotopic (exact) mass is 389 g/mol. The first-order valence-electron chi connectivity index (χ1n) is 10.4. The molecule has 2 aromatic carbocycles. The number of hydrogen-bond donors (Lipinski definition) is 1. The van der Waals surface area contributed by atoms with Crippen molar-refractivity contribution in [2.45, 2.75) is 38.3 Å². The lowest BCUT2D eigenvalue weighted by molar-refractivity contribution is -0.130. The highest BCUT2D eigenvalue weighted by Crippen LogP contribution is 2.18. The molecule has 1 aliphatic heterocycles. The first-order chi connectivity index (χ1) is 14.3. The molecular weight excluding hydrogens is 362 g/mol. The molecule has 3 aromatic rings. The normalized spacial score (nSPS) is 16.6. The third kappa shape index (κ3) is 4.93. The van der Waals surface area contributed by atoms with E-state index in [1.807, 2.05) is 30.3 Å². The van der Waals surface area contributed by atoms with Crippen LogP contribution in [0.5, 0.6) is 0 Å². The minimum Gasteiger partial charge on any atom is -0.368 e. The van der Waals surface area contributed by atoms with Crippen molar-refractivity contribution >= 4 is 23.0 Å². The fourth-order valence-corrected chi connectivity index (χ4v) is 3.73. The van der Waals surface area contributed by atoms with Gasteiger partial charge in [-0.2, -0.15) is 0 Å². The SMILES string of the molecule is O=C(NCCCc1nc2ccccc2n1C/C=C/c1ccccc1)C1CCCO1. The van der Waals surface area contributed by atoms with Crippen molar-refractivity contribution in [1.29, 1.82) is 0 Å². The summed E-state index contributed by atoms with van der Waals surface area (Å²) in [6.45, 7) is 2.10. The Morgan fingerprint density at radius 1 is 1.17 bits per heavy atom. The number of allylic oxidation sites excluding steroid dienone is 1. The predicted molar refractivity (Wildman–Crippen MR) is 116 cm³/mol. The standard InChI is InChI=1S/C24H27N3O2/c28-24(22-14-8-18-29-22)25-16-6-15-23-26-20-12-4-5-13-21(20)27(23)17-7-11-19-9-2-1-3-10-19/h1-5,7,9-13,22H,6,8,14-18H2,(H,25,28)/b11-7+. The second kappa shape index (κ2) is 9.52. The lowest BCUT2D eigenvalue weighted by atomic mass is 10.2.